The van der Waals surface area contributed by atoms with Crippen molar-refractivity contribution in [2.45, 2.75) is 32.9 Å². The fraction of sp³-hybridized carbons (Fsp3) is 0.333. The van der Waals surface area contributed by atoms with Crippen molar-refractivity contribution in [3.63, 3.8) is 0 Å². The van der Waals surface area contributed by atoms with E-state index >= 15 is 0 Å². The molecule has 0 unspecified atom stereocenters. The molecule has 0 spiro atoms. The fourth-order valence-corrected chi connectivity index (χ4v) is 4.49. The minimum absolute atomic E-state index is 0.213. The Balaban J connectivity index is 1.49. The molecule has 0 atom stereocenters. The molecular formula is C24H25ClFN5O. The summed E-state index contributed by atoms with van der Waals surface area (Å²) >= 11 is 6.44. The van der Waals surface area contributed by atoms with Crippen LogP contribution in [0, 0.1) is 5.82 Å². The van der Waals surface area contributed by atoms with Gasteiger partial charge >= 0.3 is 0 Å². The highest BCUT2D eigenvalue weighted by molar-refractivity contribution is 6.33. The van der Waals surface area contributed by atoms with Crippen LogP contribution in [-0.2, 0) is 13.0 Å². The number of aromatic nitrogens is 2. The molecule has 3 aromatic rings. The maximum absolute atomic E-state index is 14.9. The summed E-state index contributed by atoms with van der Waals surface area (Å²) in [6.07, 6.45) is 2.53. The minimum atomic E-state index is -0.421. The summed E-state index contributed by atoms with van der Waals surface area (Å²) in [7, 11) is 0. The Morgan fingerprint density at radius 2 is 2.09 bits per heavy atom. The zero-order valence-electron chi connectivity index (χ0n) is 18.1. The molecule has 0 amide bonds. The summed E-state index contributed by atoms with van der Waals surface area (Å²) in [5, 5.41) is 7.00. The summed E-state index contributed by atoms with van der Waals surface area (Å²) in [6.45, 7) is 7.17. The third-order valence-electron chi connectivity index (χ3n) is 5.90. The predicted octanol–water partition coefficient (Wildman–Crippen LogP) is 4.93. The van der Waals surface area contributed by atoms with E-state index in [0.717, 1.165) is 25.2 Å². The van der Waals surface area contributed by atoms with E-state index in [1.165, 1.54) is 17.2 Å². The van der Waals surface area contributed by atoms with Crippen LogP contribution in [0.3, 0.4) is 0 Å². The number of halogens is 2. The van der Waals surface area contributed by atoms with Crippen LogP contribution in [0.1, 0.15) is 25.0 Å². The summed E-state index contributed by atoms with van der Waals surface area (Å²) in [6, 6.07) is 9.78. The Kier molecular flexibility index (Phi) is 5.61. The number of benzene rings is 2. The van der Waals surface area contributed by atoms with Gasteiger partial charge in [-0.05, 0) is 62.2 Å². The standard InChI is InChI=1S/C24H25ClFN5O/c1-14(2)31-7-8-32-23-20(26)10-17(11-21(23)31)22-19(25)13-28-24(30-22)29-18-4-3-16-12-27-6-5-15(16)9-18/h3-4,9-11,13-14,27H,5-8,12H2,1-2H3,(H,28,29,30). The summed E-state index contributed by atoms with van der Waals surface area (Å²) in [4.78, 5) is 11.1. The number of nitrogens with zero attached hydrogens (tertiary/aromatic N) is 3. The van der Waals surface area contributed by atoms with Crippen molar-refractivity contribution in [2.75, 3.05) is 29.9 Å². The van der Waals surface area contributed by atoms with Gasteiger partial charge in [0.2, 0.25) is 5.95 Å². The summed E-state index contributed by atoms with van der Waals surface area (Å²) in [5.41, 5.74) is 5.31. The van der Waals surface area contributed by atoms with Crippen LogP contribution in [0.5, 0.6) is 5.75 Å². The van der Waals surface area contributed by atoms with Gasteiger partial charge in [-0.15, -0.1) is 0 Å². The van der Waals surface area contributed by atoms with Gasteiger partial charge in [0.1, 0.15) is 6.61 Å². The van der Waals surface area contributed by atoms with E-state index in [1.54, 1.807) is 6.20 Å². The zero-order valence-corrected chi connectivity index (χ0v) is 18.8. The highest BCUT2D eigenvalue weighted by Gasteiger charge is 2.25. The molecule has 0 fully saturated rings. The minimum Gasteiger partial charge on any atom is -0.486 e. The molecule has 2 aliphatic rings. The van der Waals surface area contributed by atoms with Crippen LogP contribution in [-0.4, -0.2) is 35.7 Å². The van der Waals surface area contributed by atoms with Crippen molar-refractivity contribution in [3.05, 3.63) is 58.5 Å². The average molecular weight is 454 g/mol. The highest BCUT2D eigenvalue weighted by Crippen LogP contribution is 2.40. The molecule has 2 aliphatic heterocycles. The van der Waals surface area contributed by atoms with Crippen molar-refractivity contribution < 1.29 is 9.13 Å². The number of ether oxygens (including phenoxy) is 1. The van der Waals surface area contributed by atoms with Gasteiger partial charge in [-0.1, -0.05) is 17.7 Å². The molecule has 5 rings (SSSR count). The molecule has 32 heavy (non-hydrogen) atoms. The maximum Gasteiger partial charge on any atom is 0.227 e. The molecule has 0 saturated heterocycles. The molecule has 166 valence electrons. The molecule has 0 bridgehead atoms. The second-order valence-electron chi connectivity index (χ2n) is 8.37. The van der Waals surface area contributed by atoms with Crippen molar-refractivity contribution in [2.24, 2.45) is 0 Å². The third-order valence-corrected chi connectivity index (χ3v) is 6.18. The average Bonchev–Trinajstić information content (AvgIpc) is 2.79. The lowest BCUT2D eigenvalue weighted by Gasteiger charge is -2.34. The normalized spacial score (nSPS) is 15.2. The number of hydrogen-bond donors (Lipinski definition) is 2. The molecule has 0 radical (unpaired) electrons. The number of hydrogen-bond acceptors (Lipinski definition) is 6. The monoisotopic (exact) mass is 453 g/mol. The molecule has 2 N–H and O–H groups in total. The number of rotatable bonds is 4. The fourth-order valence-electron chi connectivity index (χ4n) is 4.29. The third kappa shape index (κ3) is 3.98. The Morgan fingerprint density at radius 3 is 2.94 bits per heavy atom. The molecule has 3 heterocycles. The first kappa shape index (κ1) is 21.0. The second kappa shape index (κ2) is 8.56. The lowest BCUT2D eigenvalue weighted by atomic mass is 10.0. The molecule has 2 aromatic carbocycles. The second-order valence-corrected chi connectivity index (χ2v) is 8.77. The van der Waals surface area contributed by atoms with E-state index in [1.807, 2.05) is 12.1 Å². The molecule has 0 saturated carbocycles. The van der Waals surface area contributed by atoms with Crippen LogP contribution in [0.25, 0.3) is 11.3 Å². The number of anilines is 3. The number of nitrogens with one attached hydrogen (secondary N) is 2. The van der Waals surface area contributed by atoms with Gasteiger partial charge in [-0.2, -0.15) is 0 Å². The van der Waals surface area contributed by atoms with Crippen LogP contribution in [0.4, 0.5) is 21.7 Å². The first-order chi connectivity index (χ1) is 15.5. The Labute approximate surface area is 191 Å². The topological polar surface area (TPSA) is 62.3 Å². The Hall–Kier alpha value is -2.90. The maximum atomic E-state index is 14.9. The largest absolute Gasteiger partial charge is 0.486 e. The van der Waals surface area contributed by atoms with Crippen molar-refractivity contribution in [1.82, 2.24) is 15.3 Å². The van der Waals surface area contributed by atoms with Gasteiger partial charge < -0.3 is 20.3 Å². The summed E-state index contributed by atoms with van der Waals surface area (Å²) in [5.74, 6) is 0.268. The Bertz CT molecular complexity index is 1170. The van der Waals surface area contributed by atoms with Crippen LogP contribution in [0.2, 0.25) is 5.02 Å². The van der Waals surface area contributed by atoms with E-state index in [0.29, 0.717) is 41.1 Å². The van der Waals surface area contributed by atoms with E-state index in [-0.39, 0.29) is 11.8 Å². The van der Waals surface area contributed by atoms with Gasteiger partial charge in [0, 0.05) is 23.8 Å². The van der Waals surface area contributed by atoms with Crippen LogP contribution >= 0.6 is 11.6 Å². The van der Waals surface area contributed by atoms with E-state index < -0.39 is 5.82 Å². The lowest BCUT2D eigenvalue weighted by molar-refractivity contribution is 0.287. The van der Waals surface area contributed by atoms with Gasteiger partial charge in [-0.25, -0.2) is 14.4 Å². The number of fused-ring (bicyclic) bond motifs is 2. The van der Waals surface area contributed by atoms with Gasteiger partial charge in [-0.3, -0.25) is 0 Å². The lowest BCUT2D eigenvalue weighted by Crippen LogP contribution is -2.38. The van der Waals surface area contributed by atoms with Crippen molar-refractivity contribution in [3.8, 4) is 17.0 Å². The van der Waals surface area contributed by atoms with Crippen molar-refractivity contribution >= 4 is 28.9 Å². The first-order valence-corrected chi connectivity index (χ1v) is 11.2. The SMILES string of the molecule is CC(C)N1CCOc2c(F)cc(-c3nc(Nc4ccc5c(c4)CCNC5)ncc3Cl)cc21. The van der Waals surface area contributed by atoms with E-state index in [4.69, 9.17) is 16.3 Å². The Morgan fingerprint density at radius 1 is 1.22 bits per heavy atom. The van der Waals surface area contributed by atoms with Gasteiger partial charge in [0.05, 0.1) is 29.1 Å². The van der Waals surface area contributed by atoms with Gasteiger partial charge in [0.15, 0.2) is 11.6 Å². The van der Waals surface area contributed by atoms with E-state index in [9.17, 15) is 4.39 Å². The molecule has 8 heteroatoms. The quantitative estimate of drug-likeness (QED) is 0.584. The van der Waals surface area contributed by atoms with Gasteiger partial charge in [0.25, 0.3) is 0 Å². The molecule has 1 aromatic heterocycles. The first-order valence-electron chi connectivity index (χ1n) is 10.8. The van der Waals surface area contributed by atoms with E-state index in [2.05, 4.69) is 51.5 Å². The van der Waals surface area contributed by atoms with Crippen LogP contribution in [0.15, 0.2) is 36.5 Å². The summed E-state index contributed by atoms with van der Waals surface area (Å²) < 4.78 is 20.5. The zero-order chi connectivity index (χ0) is 22.2. The van der Waals surface area contributed by atoms with Crippen molar-refractivity contribution in [1.29, 1.82) is 0 Å². The molecule has 0 aliphatic carbocycles. The molecular weight excluding hydrogens is 429 g/mol. The highest BCUT2D eigenvalue weighted by atomic mass is 35.5. The van der Waals surface area contributed by atoms with Crippen LogP contribution < -0.4 is 20.3 Å². The molecule has 6 nitrogen and oxygen atoms in total. The predicted molar refractivity (Wildman–Crippen MR) is 126 cm³/mol. The smallest absolute Gasteiger partial charge is 0.227 e.